The number of benzene rings is 2. The lowest BCUT2D eigenvalue weighted by atomic mass is 9.69. The molecule has 2 aromatic rings. The van der Waals surface area contributed by atoms with Crippen molar-refractivity contribution in [3.63, 3.8) is 0 Å². The number of hydrogen-bond donors (Lipinski definition) is 1. The van der Waals surface area contributed by atoms with E-state index in [1.165, 1.54) is 12.1 Å². The molecular formula is C25H27F3N2O2. The van der Waals surface area contributed by atoms with E-state index in [9.17, 15) is 23.1 Å². The van der Waals surface area contributed by atoms with Crippen LogP contribution in [0.3, 0.4) is 0 Å². The van der Waals surface area contributed by atoms with Gasteiger partial charge in [0.15, 0.2) is 0 Å². The molecule has 3 aliphatic rings. The minimum absolute atomic E-state index is 0.0557. The van der Waals surface area contributed by atoms with Crippen LogP contribution in [0.5, 0.6) is 0 Å². The van der Waals surface area contributed by atoms with E-state index in [4.69, 9.17) is 0 Å². The Bertz CT molecular complexity index is 1060. The molecule has 2 fully saturated rings. The second kappa shape index (κ2) is 7.15. The molecule has 1 saturated carbocycles. The van der Waals surface area contributed by atoms with Crippen LogP contribution in [0, 0.1) is 11.3 Å². The SMILES string of the molecule is CC1(C)CCC2C(C1)c1cc(C(F)(F)F)ccc1N2c1cccc(N2CC(C(=O)O)C2)c1. The summed E-state index contributed by atoms with van der Waals surface area (Å²) < 4.78 is 40.4. The molecule has 1 saturated heterocycles. The maximum Gasteiger partial charge on any atom is 0.416 e. The maximum absolute atomic E-state index is 13.5. The highest BCUT2D eigenvalue weighted by atomic mass is 19.4. The lowest BCUT2D eigenvalue weighted by Crippen LogP contribution is -2.50. The highest BCUT2D eigenvalue weighted by Crippen LogP contribution is 2.56. The molecule has 0 spiro atoms. The Kier molecular flexibility index (Phi) is 4.73. The molecule has 1 N–H and O–H groups in total. The number of carbonyl (C=O) groups is 1. The topological polar surface area (TPSA) is 43.8 Å². The van der Waals surface area contributed by atoms with Crippen LogP contribution in [0.2, 0.25) is 0 Å². The molecule has 2 unspecified atom stereocenters. The molecule has 0 aromatic heterocycles. The zero-order valence-electron chi connectivity index (χ0n) is 18.2. The second-order valence-electron chi connectivity index (χ2n) is 10.2. The fourth-order valence-corrected chi connectivity index (χ4v) is 5.64. The standard InChI is InChI=1S/C25H27F3N2O2/c1-24(2)9-8-22-20(12-24)19-10-16(25(26,27)28)6-7-21(19)30(22)18-5-3-4-17(11-18)29-13-15(14-29)23(31)32/h3-7,10-11,15,20,22H,8-9,12-14H2,1-2H3,(H,31,32). The van der Waals surface area contributed by atoms with Crippen molar-refractivity contribution in [2.24, 2.45) is 11.3 Å². The van der Waals surface area contributed by atoms with Crippen LogP contribution >= 0.6 is 0 Å². The monoisotopic (exact) mass is 444 g/mol. The average Bonchev–Trinajstić information content (AvgIpc) is 2.98. The van der Waals surface area contributed by atoms with Gasteiger partial charge in [-0.1, -0.05) is 19.9 Å². The van der Waals surface area contributed by atoms with Gasteiger partial charge in [0.05, 0.1) is 11.5 Å². The fraction of sp³-hybridized carbons (Fsp3) is 0.480. The highest BCUT2D eigenvalue weighted by molar-refractivity contribution is 5.78. The van der Waals surface area contributed by atoms with Crippen LogP contribution in [0.15, 0.2) is 42.5 Å². The number of carboxylic acids is 1. The predicted molar refractivity (Wildman–Crippen MR) is 118 cm³/mol. The van der Waals surface area contributed by atoms with Crippen molar-refractivity contribution >= 4 is 23.0 Å². The summed E-state index contributed by atoms with van der Waals surface area (Å²) >= 11 is 0. The number of carboxylic acid groups (broad SMARTS) is 1. The van der Waals surface area contributed by atoms with E-state index in [0.29, 0.717) is 13.1 Å². The van der Waals surface area contributed by atoms with E-state index in [2.05, 4.69) is 18.7 Å². The molecule has 2 aromatic carbocycles. The van der Waals surface area contributed by atoms with Gasteiger partial charge in [0.1, 0.15) is 0 Å². The van der Waals surface area contributed by atoms with E-state index >= 15 is 0 Å². The summed E-state index contributed by atoms with van der Waals surface area (Å²) in [6, 6.07) is 12.2. The largest absolute Gasteiger partial charge is 0.481 e. The first kappa shape index (κ1) is 21.2. The minimum Gasteiger partial charge on any atom is -0.481 e. The van der Waals surface area contributed by atoms with E-state index in [0.717, 1.165) is 41.9 Å². The number of anilines is 3. The number of aliphatic carboxylic acids is 1. The van der Waals surface area contributed by atoms with Crippen molar-refractivity contribution in [2.45, 2.75) is 51.2 Å². The zero-order valence-corrected chi connectivity index (χ0v) is 18.2. The van der Waals surface area contributed by atoms with Crippen molar-refractivity contribution < 1.29 is 23.1 Å². The number of rotatable bonds is 3. The average molecular weight is 444 g/mol. The van der Waals surface area contributed by atoms with Crippen molar-refractivity contribution in [3.8, 4) is 0 Å². The van der Waals surface area contributed by atoms with E-state index < -0.39 is 17.7 Å². The molecule has 5 rings (SSSR count). The normalized spacial score (nSPS) is 24.7. The van der Waals surface area contributed by atoms with Gasteiger partial charge in [-0.15, -0.1) is 0 Å². The van der Waals surface area contributed by atoms with Crippen LogP contribution < -0.4 is 9.80 Å². The van der Waals surface area contributed by atoms with Gasteiger partial charge in [-0.2, -0.15) is 13.2 Å². The van der Waals surface area contributed by atoms with Crippen LogP contribution in [0.1, 0.15) is 50.2 Å². The van der Waals surface area contributed by atoms with Crippen LogP contribution in [0.25, 0.3) is 0 Å². The molecule has 2 aliphatic heterocycles. The van der Waals surface area contributed by atoms with Gasteiger partial charge in [-0.25, -0.2) is 0 Å². The third-order valence-electron chi connectivity index (χ3n) is 7.40. The molecule has 7 heteroatoms. The Hall–Kier alpha value is -2.70. The smallest absolute Gasteiger partial charge is 0.416 e. The molecule has 2 heterocycles. The third kappa shape index (κ3) is 3.51. The quantitative estimate of drug-likeness (QED) is 0.627. The summed E-state index contributed by atoms with van der Waals surface area (Å²) in [7, 11) is 0. The number of alkyl halides is 3. The second-order valence-corrected chi connectivity index (χ2v) is 10.2. The van der Waals surface area contributed by atoms with Crippen molar-refractivity contribution in [2.75, 3.05) is 22.9 Å². The number of halogens is 3. The summed E-state index contributed by atoms with van der Waals surface area (Å²) in [5, 5.41) is 9.17. The van der Waals surface area contributed by atoms with Crippen LogP contribution in [-0.2, 0) is 11.0 Å². The summed E-state index contributed by atoms with van der Waals surface area (Å²) in [6.45, 7) is 5.35. The maximum atomic E-state index is 13.5. The third-order valence-corrected chi connectivity index (χ3v) is 7.40. The molecule has 0 amide bonds. The Morgan fingerprint density at radius 1 is 1.09 bits per heavy atom. The van der Waals surface area contributed by atoms with Gasteiger partial charge in [0, 0.05) is 42.1 Å². The Morgan fingerprint density at radius 3 is 2.50 bits per heavy atom. The Labute approximate surface area is 185 Å². The summed E-state index contributed by atoms with van der Waals surface area (Å²) in [5.41, 5.74) is 3.05. The molecular weight excluding hydrogens is 417 g/mol. The summed E-state index contributed by atoms with van der Waals surface area (Å²) in [5.74, 6) is -1.07. The Morgan fingerprint density at radius 2 is 1.81 bits per heavy atom. The molecule has 1 aliphatic carbocycles. The number of fused-ring (bicyclic) bond motifs is 3. The number of hydrogen-bond acceptors (Lipinski definition) is 3. The van der Waals surface area contributed by atoms with Crippen molar-refractivity contribution in [1.29, 1.82) is 0 Å². The molecule has 4 nitrogen and oxygen atoms in total. The fourth-order valence-electron chi connectivity index (χ4n) is 5.64. The Balaban J connectivity index is 1.52. The van der Waals surface area contributed by atoms with Gasteiger partial charge in [-0.3, -0.25) is 4.79 Å². The van der Waals surface area contributed by atoms with Crippen molar-refractivity contribution in [3.05, 3.63) is 53.6 Å². The number of nitrogens with zero attached hydrogens (tertiary/aromatic N) is 2. The van der Waals surface area contributed by atoms with Gasteiger partial charge in [-0.05, 0) is 66.6 Å². The summed E-state index contributed by atoms with van der Waals surface area (Å²) in [6.07, 6.45) is -1.56. The summed E-state index contributed by atoms with van der Waals surface area (Å²) in [4.78, 5) is 15.4. The van der Waals surface area contributed by atoms with Crippen LogP contribution in [-0.4, -0.2) is 30.2 Å². The first-order chi connectivity index (χ1) is 15.0. The van der Waals surface area contributed by atoms with Gasteiger partial charge >= 0.3 is 12.1 Å². The lowest BCUT2D eigenvalue weighted by molar-refractivity contribution is -0.142. The van der Waals surface area contributed by atoms with Crippen molar-refractivity contribution in [1.82, 2.24) is 0 Å². The van der Waals surface area contributed by atoms with Gasteiger partial charge in [0.2, 0.25) is 0 Å². The molecule has 32 heavy (non-hydrogen) atoms. The first-order valence-corrected chi connectivity index (χ1v) is 11.1. The lowest BCUT2D eigenvalue weighted by Gasteiger charge is -2.42. The zero-order chi connectivity index (χ0) is 22.8. The van der Waals surface area contributed by atoms with E-state index in [1.807, 2.05) is 29.2 Å². The molecule has 0 radical (unpaired) electrons. The van der Waals surface area contributed by atoms with Gasteiger partial charge in [0.25, 0.3) is 0 Å². The predicted octanol–water partition coefficient (Wildman–Crippen LogP) is 6.04. The molecule has 0 bridgehead atoms. The van der Waals surface area contributed by atoms with E-state index in [1.54, 1.807) is 6.07 Å². The van der Waals surface area contributed by atoms with Gasteiger partial charge < -0.3 is 14.9 Å². The van der Waals surface area contributed by atoms with Crippen LogP contribution in [0.4, 0.5) is 30.2 Å². The first-order valence-electron chi connectivity index (χ1n) is 11.1. The highest BCUT2D eigenvalue weighted by Gasteiger charge is 2.46. The molecule has 2 atom stereocenters. The molecule has 170 valence electrons. The van der Waals surface area contributed by atoms with E-state index in [-0.39, 0.29) is 23.3 Å². The minimum atomic E-state index is -4.36.